The largest absolute Gasteiger partial charge is 0.465 e. The van der Waals surface area contributed by atoms with Gasteiger partial charge in [0.15, 0.2) is 8.32 Å². The van der Waals surface area contributed by atoms with Gasteiger partial charge in [0.25, 0.3) is 0 Å². The molecule has 2 fully saturated rings. The van der Waals surface area contributed by atoms with Crippen LogP contribution in [0.1, 0.15) is 101 Å². The minimum absolute atomic E-state index is 0.108. The number of aliphatic hydroxyl groups excluding tert-OH is 1. The molecule has 15 heteroatoms. The molecule has 51 heavy (non-hydrogen) atoms. The number of aromatic nitrogens is 2. The van der Waals surface area contributed by atoms with Crippen molar-refractivity contribution in [2.24, 2.45) is 5.41 Å². The molecule has 2 amide bonds. The first-order chi connectivity index (χ1) is 23.1. The van der Waals surface area contributed by atoms with E-state index in [1.165, 1.54) is 16.2 Å². The van der Waals surface area contributed by atoms with E-state index < -0.39 is 48.5 Å². The number of aliphatic hydroxyl groups is 1. The predicted molar refractivity (Wildman–Crippen MR) is 204 cm³/mol. The first-order valence-electron chi connectivity index (χ1n) is 17.5. The second-order valence-corrected chi connectivity index (χ2v) is 24.2. The molecule has 2 unspecified atom stereocenters. The number of thiazole rings is 2. The normalized spacial score (nSPS) is 25.1. The number of amides is 2. The lowest BCUT2D eigenvalue weighted by atomic mass is 9.67. The van der Waals surface area contributed by atoms with Gasteiger partial charge in [-0.3, -0.25) is 9.80 Å². The van der Waals surface area contributed by atoms with E-state index in [9.17, 15) is 19.8 Å². The van der Waals surface area contributed by atoms with E-state index in [0.29, 0.717) is 19.4 Å². The molecule has 2 N–H and O–H groups in total. The van der Waals surface area contributed by atoms with Crippen LogP contribution < -0.4 is 0 Å². The molecule has 4 rings (SSSR count). The van der Waals surface area contributed by atoms with Gasteiger partial charge in [0.05, 0.1) is 47.2 Å². The molecule has 0 radical (unpaired) electrons. The quantitative estimate of drug-likeness (QED) is 0.253. The summed E-state index contributed by atoms with van der Waals surface area (Å²) in [6.07, 6.45) is -1.25. The number of carboxylic acid groups (broad SMARTS) is 1. The van der Waals surface area contributed by atoms with Gasteiger partial charge in [0.1, 0.15) is 29.3 Å². The maximum atomic E-state index is 13.1. The van der Waals surface area contributed by atoms with Crippen molar-refractivity contribution in [2.45, 2.75) is 162 Å². The molecule has 0 bridgehead atoms. The summed E-state index contributed by atoms with van der Waals surface area (Å²) in [7, 11) is -1.94. The highest BCUT2D eigenvalue weighted by Crippen LogP contribution is 2.51. The monoisotopic (exact) mass is 770 g/mol. The summed E-state index contributed by atoms with van der Waals surface area (Å²) in [6.45, 7) is 30.2. The van der Waals surface area contributed by atoms with Crippen LogP contribution in [0.3, 0.4) is 0 Å². The van der Waals surface area contributed by atoms with Crippen LogP contribution in [0.15, 0.2) is 21.8 Å². The molecule has 2 aromatic rings. The first kappa shape index (κ1) is 43.3. The third-order valence-electron chi connectivity index (χ3n) is 10.2. The summed E-state index contributed by atoms with van der Waals surface area (Å²) in [4.78, 5) is 36.9. The van der Waals surface area contributed by atoms with Crippen LogP contribution in [0.5, 0.6) is 0 Å². The van der Waals surface area contributed by atoms with Gasteiger partial charge in [-0.1, -0.05) is 41.5 Å². The van der Waals surface area contributed by atoms with E-state index in [0.717, 1.165) is 11.4 Å². The van der Waals surface area contributed by atoms with Crippen LogP contribution in [-0.2, 0) is 31.5 Å². The fraction of sp³-hybridized carbons (Fsp3) is 0.778. The van der Waals surface area contributed by atoms with Crippen LogP contribution >= 0.6 is 22.7 Å². The van der Waals surface area contributed by atoms with Crippen LogP contribution in [0, 0.1) is 5.41 Å². The fourth-order valence-electron chi connectivity index (χ4n) is 6.75. The zero-order chi connectivity index (χ0) is 39.0. The molecular weight excluding hydrogens is 709 g/mol. The minimum atomic E-state index is -1.94. The smallest absolute Gasteiger partial charge is 0.412 e. The van der Waals surface area contributed by atoms with Gasteiger partial charge >= 0.3 is 12.2 Å². The summed E-state index contributed by atoms with van der Waals surface area (Å²) in [5, 5.41) is 23.7. The van der Waals surface area contributed by atoms with Crippen LogP contribution in [0.25, 0.3) is 0 Å². The van der Waals surface area contributed by atoms with Crippen LogP contribution in [-0.4, -0.2) is 105 Å². The fourth-order valence-corrected chi connectivity index (χ4v) is 8.90. The Morgan fingerprint density at radius 1 is 0.922 bits per heavy atom. The average Bonchev–Trinajstić information content (AvgIpc) is 3.72. The average molecular weight is 771 g/mol. The van der Waals surface area contributed by atoms with Gasteiger partial charge in [-0.2, -0.15) is 0 Å². The molecule has 0 aliphatic carbocycles. The first-order valence-corrected chi connectivity index (χ1v) is 22.3. The molecule has 2 aromatic heterocycles. The number of carbonyl (C=O) groups excluding carboxylic acids is 1. The second kappa shape index (κ2) is 15.3. The Morgan fingerprint density at radius 3 is 1.90 bits per heavy atom. The number of rotatable bonds is 8. The van der Waals surface area contributed by atoms with Crippen molar-refractivity contribution in [3.05, 3.63) is 33.2 Å². The van der Waals surface area contributed by atoms with Crippen molar-refractivity contribution >= 4 is 43.2 Å². The highest BCUT2D eigenvalue weighted by molar-refractivity contribution is 7.07. The Bertz CT molecular complexity index is 1450. The Morgan fingerprint density at radius 2 is 1.47 bits per heavy atom. The maximum absolute atomic E-state index is 13.1. The van der Waals surface area contributed by atoms with Gasteiger partial charge in [-0.15, -0.1) is 22.7 Å². The Hall–Kier alpha value is -2.14. The standard InChI is InChI=1S/C21H38N2O4SSi.C15H24N2O4S/c1-19(2,3)27-18(24)23-16(11-15-13-28-14-22-15)17(26-21(23,7)8)12-25-29(9,10)20(4,5)6;1-13(2,3)15(6-10-8-22-9-16-10)11(7-18)21-14(4,5)17(15)12(19)20/h13-14,16-17H,11-12H2,1-10H3;8-9,11,18H,6-7H2,1-5H3,(H,19,20)/t;11-,15-/m.1/s1. The molecule has 0 aromatic carbocycles. The van der Waals surface area contributed by atoms with Crippen molar-refractivity contribution in [1.82, 2.24) is 19.8 Å². The molecule has 4 atom stereocenters. The van der Waals surface area contributed by atoms with E-state index in [1.54, 1.807) is 35.6 Å². The molecule has 0 spiro atoms. The van der Waals surface area contributed by atoms with Crippen molar-refractivity contribution in [3.8, 4) is 0 Å². The lowest BCUT2D eigenvalue weighted by Crippen LogP contribution is -2.65. The number of hydrogen-bond donors (Lipinski definition) is 2. The third-order valence-corrected chi connectivity index (χ3v) is 15.9. The maximum Gasteiger partial charge on any atom is 0.412 e. The Labute approximate surface area is 314 Å². The van der Waals surface area contributed by atoms with Crippen LogP contribution in [0.4, 0.5) is 9.59 Å². The van der Waals surface area contributed by atoms with Gasteiger partial charge in [0, 0.05) is 23.6 Å². The zero-order valence-electron chi connectivity index (χ0n) is 33.3. The van der Waals surface area contributed by atoms with Gasteiger partial charge in [-0.25, -0.2) is 19.6 Å². The lowest BCUT2D eigenvalue weighted by Gasteiger charge is -2.50. The van der Waals surface area contributed by atoms with Crippen molar-refractivity contribution < 1.29 is 38.4 Å². The van der Waals surface area contributed by atoms with Gasteiger partial charge in [0.2, 0.25) is 0 Å². The number of carbonyl (C=O) groups is 2. The summed E-state index contributed by atoms with van der Waals surface area (Å²) in [5.41, 5.74) is 1.58. The molecule has 2 saturated heterocycles. The second-order valence-electron chi connectivity index (χ2n) is 18.0. The summed E-state index contributed by atoms with van der Waals surface area (Å²) >= 11 is 3.02. The van der Waals surface area contributed by atoms with E-state index in [1.807, 2.05) is 71.7 Å². The number of nitrogens with zero attached hydrogens (tertiary/aromatic N) is 4. The molecular formula is C36H62N4O8S2Si. The third kappa shape index (κ3) is 9.70. The molecule has 2 aliphatic rings. The predicted octanol–water partition coefficient (Wildman–Crippen LogP) is 8.03. The summed E-state index contributed by atoms with van der Waals surface area (Å²) < 4.78 is 24.5. The topological polar surface area (TPSA) is 144 Å². The number of ether oxygens (including phenoxy) is 3. The van der Waals surface area contributed by atoms with Crippen LogP contribution in [0.2, 0.25) is 18.1 Å². The van der Waals surface area contributed by atoms with Gasteiger partial charge in [-0.05, 0) is 72.0 Å². The highest BCUT2D eigenvalue weighted by Gasteiger charge is 2.65. The Balaban J connectivity index is 0.000000286. The van der Waals surface area contributed by atoms with E-state index >= 15 is 0 Å². The molecule has 290 valence electrons. The minimum Gasteiger partial charge on any atom is -0.465 e. The zero-order valence-corrected chi connectivity index (χ0v) is 36.0. The molecule has 0 saturated carbocycles. The van der Waals surface area contributed by atoms with Crippen molar-refractivity contribution in [2.75, 3.05) is 13.2 Å². The van der Waals surface area contributed by atoms with E-state index in [2.05, 4.69) is 43.8 Å². The highest BCUT2D eigenvalue weighted by atomic mass is 32.1. The van der Waals surface area contributed by atoms with E-state index in [4.69, 9.17) is 18.6 Å². The summed E-state index contributed by atoms with van der Waals surface area (Å²) in [5.74, 6) is 0. The Kier molecular flexibility index (Phi) is 13.0. The molecule has 4 heterocycles. The SMILES string of the molecule is CC(C)(C)OC(=O)N1C(Cc2cscn2)C(CO[Si](C)(C)C(C)(C)C)OC1(C)C.CC1(C)O[C@H](CO)[C@](Cc2cscn2)(C(C)(C)C)N1C(=O)O. The number of hydrogen-bond acceptors (Lipinski definition) is 11. The van der Waals surface area contributed by atoms with Crippen molar-refractivity contribution in [3.63, 3.8) is 0 Å². The molecule has 12 nitrogen and oxygen atoms in total. The molecule has 2 aliphatic heterocycles. The van der Waals surface area contributed by atoms with E-state index in [-0.39, 0.29) is 29.9 Å². The lowest BCUT2D eigenvalue weighted by molar-refractivity contribution is -0.0856. The van der Waals surface area contributed by atoms with Crippen molar-refractivity contribution in [1.29, 1.82) is 0 Å². The summed E-state index contributed by atoms with van der Waals surface area (Å²) in [6, 6.07) is -0.202. The van der Waals surface area contributed by atoms with Gasteiger partial charge < -0.3 is 28.8 Å².